The SMILES string of the molecule is COc1cc(/C=C2\SC(=O)N(CCOc3cc(C)ccc3C(C)C)C2=O)cc(Cl)c1OCc1ccc(Br)cc1. The predicted octanol–water partition coefficient (Wildman–Crippen LogP) is 8.24. The zero-order chi connectivity index (χ0) is 28.1. The van der Waals surface area contributed by atoms with Crippen molar-refractivity contribution in [2.24, 2.45) is 0 Å². The second-order valence-corrected chi connectivity index (χ2v) is 11.6. The van der Waals surface area contributed by atoms with E-state index in [-0.39, 0.29) is 24.3 Å². The lowest BCUT2D eigenvalue weighted by molar-refractivity contribution is -0.123. The molecule has 39 heavy (non-hydrogen) atoms. The Morgan fingerprint density at radius 3 is 2.46 bits per heavy atom. The van der Waals surface area contributed by atoms with Crippen LogP contribution in [0.5, 0.6) is 17.2 Å². The Labute approximate surface area is 246 Å². The summed E-state index contributed by atoms with van der Waals surface area (Å²) in [5, 5.41) is 0.000130. The van der Waals surface area contributed by atoms with Gasteiger partial charge in [-0.1, -0.05) is 65.6 Å². The minimum absolute atomic E-state index is 0.153. The molecule has 0 atom stereocenters. The van der Waals surface area contributed by atoms with E-state index in [1.807, 2.05) is 43.3 Å². The average molecular weight is 631 g/mol. The topological polar surface area (TPSA) is 65.1 Å². The Kier molecular flexibility index (Phi) is 9.64. The Balaban J connectivity index is 1.44. The molecule has 1 saturated heterocycles. The van der Waals surface area contributed by atoms with E-state index in [1.165, 1.54) is 12.0 Å². The van der Waals surface area contributed by atoms with Gasteiger partial charge in [-0.3, -0.25) is 14.5 Å². The van der Waals surface area contributed by atoms with Gasteiger partial charge >= 0.3 is 0 Å². The van der Waals surface area contributed by atoms with Crippen LogP contribution in [0, 0.1) is 6.92 Å². The highest BCUT2D eigenvalue weighted by Crippen LogP contribution is 2.39. The van der Waals surface area contributed by atoms with Gasteiger partial charge in [0.2, 0.25) is 0 Å². The summed E-state index contributed by atoms with van der Waals surface area (Å²) in [6, 6.07) is 17.3. The molecule has 0 spiro atoms. The highest BCUT2D eigenvalue weighted by molar-refractivity contribution is 9.10. The fourth-order valence-electron chi connectivity index (χ4n) is 4.03. The zero-order valence-electron chi connectivity index (χ0n) is 22.1. The summed E-state index contributed by atoms with van der Waals surface area (Å²) in [7, 11) is 1.52. The van der Waals surface area contributed by atoms with E-state index < -0.39 is 0 Å². The molecule has 4 rings (SSSR count). The Morgan fingerprint density at radius 2 is 1.77 bits per heavy atom. The fourth-order valence-corrected chi connectivity index (χ4v) is 5.44. The van der Waals surface area contributed by atoms with Crippen molar-refractivity contribution < 1.29 is 23.8 Å². The first-order valence-corrected chi connectivity index (χ1v) is 14.4. The highest BCUT2D eigenvalue weighted by Gasteiger charge is 2.35. The van der Waals surface area contributed by atoms with Crippen molar-refractivity contribution in [2.75, 3.05) is 20.3 Å². The summed E-state index contributed by atoms with van der Waals surface area (Å²) in [5.41, 5.74) is 3.77. The summed E-state index contributed by atoms with van der Waals surface area (Å²) >= 11 is 10.8. The average Bonchev–Trinajstić information content (AvgIpc) is 3.16. The predicted molar refractivity (Wildman–Crippen MR) is 160 cm³/mol. The number of carbonyl (C=O) groups excluding carboxylic acids is 2. The van der Waals surface area contributed by atoms with Crippen LogP contribution in [0.1, 0.15) is 42.0 Å². The molecule has 3 aromatic carbocycles. The van der Waals surface area contributed by atoms with Crippen molar-refractivity contribution in [1.29, 1.82) is 0 Å². The molecule has 0 saturated carbocycles. The van der Waals surface area contributed by atoms with E-state index in [4.69, 9.17) is 25.8 Å². The number of halogens is 2. The van der Waals surface area contributed by atoms with Crippen LogP contribution in [-0.2, 0) is 11.4 Å². The molecule has 1 aliphatic heterocycles. The third-order valence-corrected chi connectivity index (χ3v) is 7.80. The summed E-state index contributed by atoms with van der Waals surface area (Å²) < 4.78 is 18.4. The molecule has 0 aromatic heterocycles. The van der Waals surface area contributed by atoms with Gasteiger partial charge < -0.3 is 14.2 Å². The normalized spacial score (nSPS) is 14.4. The standard InChI is InChI=1S/C30H29BrClNO5S/c1-18(2)23-10-5-19(3)13-25(23)37-12-11-33-29(34)27(39-30(33)35)16-21-14-24(32)28(26(15-21)36-4)38-17-20-6-8-22(31)9-7-20/h5-10,13-16,18H,11-12,17H2,1-4H3/b27-16-. The van der Waals surface area contributed by atoms with Crippen molar-refractivity contribution in [3.8, 4) is 17.2 Å². The van der Waals surface area contributed by atoms with Gasteiger partial charge in [-0.2, -0.15) is 0 Å². The molecule has 1 aliphatic rings. The van der Waals surface area contributed by atoms with Crippen molar-refractivity contribution in [3.63, 3.8) is 0 Å². The largest absolute Gasteiger partial charge is 0.493 e. The number of benzene rings is 3. The maximum atomic E-state index is 13.0. The summed E-state index contributed by atoms with van der Waals surface area (Å²) in [4.78, 5) is 27.2. The maximum Gasteiger partial charge on any atom is 0.293 e. The number of ether oxygens (including phenoxy) is 3. The summed E-state index contributed by atoms with van der Waals surface area (Å²) in [5.74, 6) is 1.53. The summed E-state index contributed by atoms with van der Waals surface area (Å²) in [6.45, 7) is 6.87. The molecular formula is C30H29BrClNO5S. The minimum atomic E-state index is -0.368. The van der Waals surface area contributed by atoms with E-state index >= 15 is 0 Å². The van der Waals surface area contributed by atoms with Crippen molar-refractivity contribution >= 4 is 56.5 Å². The lowest BCUT2D eigenvalue weighted by Gasteiger charge is -2.17. The Morgan fingerprint density at radius 1 is 1.03 bits per heavy atom. The lowest BCUT2D eigenvalue weighted by Crippen LogP contribution is -2.32. The number of hydrogen-bond donors (Lipinski definition) is 0. The first-order valence-electron chi connectivity index (χ1n) is 12.4. The van der Waals surface area contributed by atoms with Crippen LogP contribution in [0.2, 0.25) is 5.02 Å². The van der Waals surface area contributed by atoms with Crippen molar-refractivity contribution in [1.82, 2.24) is 4.90 Å². The molecule has 1 heterocycles. The molecule has 9 heteroatoms. The van der Waals surface area contributed by atoms with Crippen LogP contribution in [0.25, 0.3) is 6.08 Å². The number of nitrogens with zero attached hydrogens (tertiary/aromatic N) is 1. The second kappa shape index (κ2) is 12.9. The summed E-state index contributed by atoms with van der Waals surface area (Å²) in [6.07, 6.45) is 1.64. The molecule has 3 aromatic rings. The van der Waals surface area contributed by atoms with E-state index in [2.05, 4.69) is 35.8 Å². The third kappa shape index (κ3) is 7.18. The molecule has 0 N–H and O–H groups in total. The minimum Gasteiger partial charge on any atom is -0.493 e. The van der Waals surface area contributed by atoms with Crippen LogP contribution in [0.15, 0.2) is 64.0 Å². The maximum absolute atomic E-state index is 13.0. The van der Waals surface area contributed by atoms with Crippen molar-refractivity contribution in [2.45, 2.75) is 33.3 Å². The molecule has 0 aliphatic carbocycles. The van der Waals surface area contributed by atoms with Crippen LogP contribution in [-0.4, -0.2) is 36.3 Å². The number of methoxy groups -OCH3 is 1. The molecule has 6 nitrogen and oxygen atoms in total. The van der Waals surface area contributed by atoms with Gasteiger partial charge in [-0.25, -0.2) is 0 Å². The number of amides is 2. The van der Waals surface area contributed by atoms with Crippen LogP contribution in [0.3, 0.4) is 0 Å². The van der Waals surface area contributed by atoms with Gasteiger partial charge in [0.05, 0.1) is 23.6 Å². The Hall–Kier alpha value is -2.94. The molecule has 0 bridgehead atoms. The van der Waals surface area contributed by atoms with Gasteiger partial charge in [0.15, 0.2) is 11.5 Å². The molecule has 2 amide bonds. The van der Waals surface area contributed by atoms with Gasteiger partial charge in [0.1, 0.15) is 19.0 Å². The van der Waals surface area contributed by atoms with E-state index in [0.717, 1.165) is 38.7 Å². The molecular weight excluding hydrogens is 602 g/mol. The van der Waals surface area contributed by atoms with Crippen LogP contribution >= 0.6 is 39.3 Å². The number of hydrogen-bond acceptors (Lipinski definition) is 6. The quantitative estimate of drug-likeness (QED) is 0.210. The molecule has 204 valence electrons. The van der Waals surface area contributed by atoms with E-state index in [1.54, 1.807) is 18.2 Å². The number of thioether (sulfide) groups is 1. The first kappa shape index (κ1) is 29.1. The fraction of sp³-hybridized carbons (Fsp3) is 0.267. The number of carbonyl (C=O) groups is 2. The third-order valence-electron chi connectivity index (χ3n) is 6.08. The monoisotopic (exact) mass is 629 g/mol. The van der Waals surface area contributed by atoms with E-state index in [9.17, 15) is 9.59 Å². The number of rotatable bonds is 10. The van der Waals surface area contributed by atoms with E-state index in [0.29, 0.717) is 39.5 Å². The molecule has 1 fully saturated rings. The second-order valence-electron chi connectivity index (χ2n) is 9.33. The molecule has 0 radical (unpaired) electrons. The van der Waals surface area contributed by atoms with Crippen LogP contribution in [0.4, 0.5) is 4.79 Å². The lowest BCUT2D eigenvalue weighted by atomic mass is 10.0. The van der Waals surface area contributed by atoms with Crippen LogP contribution < -0.4 is 14.2 Å². The smallest absolute Gasteiger partial charge is 0.293 e. The van der Waals surface area contributed by atoms with Gasteiger partial charge in [0, 0.05) is 4.47 Å². The number of aryl methyl sites for hydroxylation is 1. The highest BCUT2D eigenvalue weighted by atomic mass is 79.9. The number of imide groups is 1. The molecule has 0 unspecified atom stereocenters. The van der Waals surface area contributed by atoms with Gasteiger partial charge in [-0.15, -0.1) is 0 Å². The van der Waals surface area contributed by atoms with Crippen molar-refractivity contribution in [3.05, 3.63) is 91.3 Å². The van der Waals surface area contributed by atoms with Gasteiger partial charge in [-0.05, 0) is 83.3 Å². The zero-order valence-corrected chi connectivity index (χ0v) is 25.3. The Bertz CT molecular complexity index is 1410. The van der Waals surface area contributed by atoms with Gasteiger partial charge in [0.25, 0.3) is 11.1 Å². The first-order chi connectivity index (χ1) is 18.7.